The van der Waals surface area contributed by atoms with Crippen molar-refractivity contribution in [2.45, 2.75) is 25.0 Å². The van der Waals surface area contributed by atoms with Gasteiger partial charge in [-0.2, -0.15) is 5.10 Å². The van der Waals surface area contributed by atoms with Crippen LogP contribution >= 0.6 is 0 Å². The first-order chi connectivity index (χ1) is 14.8. The van der Waals surface area contributed by atoms with Crippen LogP contribution in [0.2, 0.25) is 0 Å². The standard InChI is InChI=1S/C20H27N7O3S/c1-30-16-5-3-4-15(10-16)24-20-19-14(6-9-27(19)23-13-22-20)11-26-8-7-17(21)18(12-26)25-31(2,28)29/h3-6,9-10,13,17-18,25H,7-8,11-12,21H2,1-2H3,(H,22,23,24)/t17-,18-/m0/s1. The minimum Gasteiger partial charge on any atom is -0.497 e. The molecule has 10 nitrogen and oxygen atoms in total. The molecular formula is C20H27N7O3S. The fraction of sp³-hybridized carbons (Fsp3) is 0.400. The molecule has 0 bridgehead atoms. The molecular weight excluding hydrogens is 418 g/mol. The second kappa shape index (κ2) is 8.79. The molecule has 4 rings (SSSR count). The van der Waals surface area contributed by atoms with Gasteiger partial charge in [-0.05, 0) is 30.2 Å². The summed E-state index contributed by atoms with van der Waals surface area (Å²) in [6.45, 7) is 1.95. The van der Waals surface area contributed by atoms with Crippen molar-refractivity contribution in [3.05, 3.63) is 48.4 Å². The van der Waals surface area contributed by atoms with Crippen LogP contribution < -0.4 is 20.5 Å². The molecule has 0 spiro atoms. The van der Waals surface area contributed by atoms with Gasteiger partial charge in [0.1, 0.15) is 17.6 Å². The van der Waals surface area contributed by atoms with Gasteiger partial charge in [-0.3, -0.25) is 4.90 Å². The first kappa shape index (κ1) is 21.5. The summed E-state index contributed by atoms with van der Waals surface area (Å²) < 4.78 is 33.1. The highest BCUT2D eigenvalue weighted by Crippen LogP contribution is 2.26. The summed E-state index contributed by atoms with van der Waals surface area (Å²) in [5.41, 5.74) is 8.91. The number of nitrogens with two attached hydrogens (primary N) is 1. The quantitative estimate of drug-likeness (QED) is 0.490. The zero-order valence-electron chi connectivity index (χ0n) is 17.5. The van der Waals surface area contributed by atoms with E-state index >= 15 is 0 Å². The highest BCUT2D eigenvalue weighted by molar-refractivity contribution is 7.88. The third kappa shape index (κ3) is 5.13. The molecule has 0 saturated carbocycles. The van der Waals surface area contributed by atoms with E-state index in [4.69, 9.17) is 10.5 Å². The summed E-state index contributed by atoms with van der Waals surface area (Å²) in [6.07, 6.45) is 5.27. The van der Waals surface area contributed by atoms with Crippen molar-refractivity contribution in [1.82, 2.24) is 24.2 Å². The molecule has 0 aliphatic carbocycles. The molecule has 1 aromatic carbocycles. The molecule has 31 heavy (non-hydrogen) atoms. The van der Waals surface area contributed by atoms with Crippen LogP contribution in [0.4, 0.5) is 11.5 Å². The maximum atomic E-state index is 11.7. The van der Waals surface area contributed by atoms with E-state index in [0.29, 0.717) is 25.3 Å². The molecule has 0 unspecified atom stereocenters. The number of benzene rings is 1. The van der Waals surface area contributed by atoms with Crippen molar-refractivity contribution in [1.29, 1.82) is 0 Å². The van der Waals surface area contributed by atoms with E-state index in [9.17, 15) is 8.42 Å². The average Bonchev–Trinajstić information content (AvgIpc) is 3.13. The zero-order valence-corrected chi connectivity index (χ0v) is 18.3. The second-order valence-electron chi connectivity index (χ2n) is 7.78. The molecule has 4 N–H and O–H groups in total. The van der Waals surface area contributed by atoms with E-state index in [0.717, 1.165) is 35.3 Å². The Morgan fingerprint density at radius 2 is 2.16 bits per heavy atom. The molecule has 2 aromatic heterocycles. The first-order valence-corrected chi connectivity index (χ1v) is 11.9. The van der Waals surface area contributed by atoms with Gasteiger partial charge in [0.05, 0.1) is 13.4 Å². The molecule has 2 atom stereocenters. The van der Waals surface area contributed by atoms with Crippen LogP contribution in [0.1, 0.15) is 12.0 Å². The van der Waals surface area contributed by atoms with Crippen LogP contribution in [0.15, 0.2) is 42.9 Å². The Bertz CT molecular complexity index is 1160. The van der Waals surface area contributed by atoms with Gasteiger partial charge in [0, 0.05) is 49.7 Å². The second-order valence-corrected chi connectivity index (χ2v) is 9.56. The predicted molar refractivity (Wildman–Crippen MR) is 119 cm³/mol. The largest absolute Gasteiger partial charge is 0.497 e. The van der Waals surface area contributed by atoms with Gasteiger partial charge in [-0.15, -0.1) is 0 Å². The predicted octanol–water partition coefficient (Wildman–Crippen LogP) is 0.932. The fourth-order valence-electron chi connectivity index (χ4n) is 3.90. The number of hydrogen-bond acceptors (Lipinski definition) is 8. The molecule has 11 heteroatoms. The minimum atomic E-state index is -3.32. The van der Waals surface area contributed by atoms with E-state index in [2.05, 4.69) is 25.0 Å². The van der Waals surface area contributed by atoms with Gasteiger partial charge < -0.3 is 15.8 Å². The topological polar surface area (TPSA) is 127 Å². The van der Waals surface area contributed by atoms with Crippen LogP contribution in [-0.2, 0) is 16.6 Å². The Morgan fingerprint density at radius 3 is 2.94 bits per heavy atom. The van der Waals surface area contributed by atoms with Gasteiger partial charge in [-0.1, -0.05) is 6.07 Å². The molecule has 1 aliphatic rings. The van der Waals surface area contributed by atoms with Gasteiger partial charge in [-0.25, -0.2) is 22.6 Å². The van der Waals surface area contributed by atoms with Crippen molar-refractivity contribution >= 4 is 27.0 Å². The molecule has 0 amide bonds. The van der Waals surface area contributed by atoms with Crippen LogP contribution in [0.5, 0.6) is 5.75 Å². The molecule has 1 saturated heterocycles. The lowest BCUT2D eigenvalue weighted by molar-refractivity contribution is 0.178. The number of nitrogens with one attached hydrogen (secondary N) is 2. The SMILES string of the molecule is COc1cccc(Nc2ncnn3ccc(CN4CC[C@H](N)[C@@H](NS(C)(=O)=O)C4)c23)c1. The smallest absolute Gasteiger partial charge is 0.209 e. The number of ether oxygens (including phenoxy) is 1. The lowest BCUT2D eigenvalue weighted by atomic mass is 10.0. The summed E-state index contributed by atoms with van der Waals surface area (Å²) >= 11 is 0. The van der Waals surface area contributed by atoms with E-state index in [-0.39, 0.29) is 12.1 Å². The number of fused-ring (bicyclic) bond motifs is 1. The number of likely N-dealkylation sites (tertiary alicyclic amines) is 1. The number of anilines is 2. The third-order valence-corrected chi connectivity index (χ3v) is 6.11. The first-order valence-electron chi connectivity index (χ1n) is 10.00. The summed E-state index contributed by atoms with van der Waals surface area (Å²) in [4.78, 5) is 6.64. The Kier molecular flexibility index (Phi) is 6.10. The van der Waals surface area contributed by atoms with Gasteiger partial charge >= 0.3 is 0 Å². The monoisotopic (exact) mass is 445 g/mol. The number of aromatic nitrogens is 3. The molecule has 1 fully saturated rings. The van der Waals surface area contributed by atoms with Gasteiger partial charge in [0.2, 0.25) is 10.0 Å². The number of sulfonamides is 1. The van der Waals surface area contributed by atoms with Gasteiger partial charge in [0.25, 0.3) is 0 Å². The Labute approximate surface area is 181 Å². The number of piperidine rings is 1. The lowest BCUT2D eigenvalue weighted by Crippen LogP contribution is -2.57. The van der Waals surface area contributed by atoms with Crippen molar-refractivity contribution in [2.24, 2.45) is 5.73 Å². The number of methoxy groups -OCH3 is 1. The van der Waals surface area contributed by atoms with Crippen LogP contribution in [-0.4, -0.2) is 66.5 Å². The highest BCUT2D eigenvalue weighted by atomic mass is 32.2. The van der Waals surface area contributed by atoms with Crippen LogP contribution in [0.25, 0.3) is 5.52 Å². The van der Waals surface area contributed by atoms with Crippen LogP contribution in [0.3, 0.4) is 0 Å². The number of rotatable bonds is 7. The molecule has 3 aromatic rings. The van der Waals surface area contributed by atoms with E-state index in [1.807, 2.05) is 36.5 Å². The summed E-state index contributed by atoms with van der Waals surface area (Å²) in [7, 11) is -1.70. The van der Waals surface area contributed by atoms with E-state index in [1.54, 1.807) is 11.6 Å². The summed E-state index contributed by atoms with van der Waals surface area (Å²) in [5.74, 6) is 1.43. The van der Waals surface area contributed by atoms with E-state index in [1.165, 1.54) is 6.33 Å². The highest BCUT2D eigenvalue weighted by Gasteiger charge is 2.29. The normalized spacial score (nSPS) is 20.1. The van der Waals surface area contributed by atoms with Crippen molar-refractivity contribution < 1.29 is 13.2 Å². The summed E-state index contributed by atoms with van der Waals surface area (Å²) in [5, 5.41) is 7.67. The summed E-state index contributed by atoms with van der Waals surface area (Å²) in [6, 6.07) is 9.12. The number of hydrogen-bond donors (Lipinski definition) is 3. The van der Waals surface area contributed by atoms with Crippen LogP contribution in [0, 0.1) is 0 Å². The van der Waals surface area contributed by atoms with Crippen molar-refractivity contribution in [3.8, 4) is 5.75 Å². The zero-order chi connectivity index (χ0) is 22.0. The Hall–Kier alpha value is -2.73. The van der Waals surface area contributed by atoms with Gasteiger partial charge in [0.15, 0.2) is 5.82 Å². The minimum absolute atomic E-state index is 0.203. The maximum absolute atomic E-state index is 11.7. The molecule has 0 radical (unpaired) electrons. The van der Waals surface area contributed by atoms with Crippen molar-refractivity contribution in [2.75, 3.05) is 31.8 Å². The third-order valence-electron chi connectivity index (χ3n) is 5.38. The van der Waals surface area contributed by atoms with Crippen molar-refractivity contribution in [3.63, 3.8) is 0 Å². The molecule has 166 valence electrons. The molecule has 3 heterocycles. The maximum Gasteiger partial charge on any atom is 0.209 e. The molecule has 1 aliphatic heterocycles. The Morgan fingerprint density at radius 1 is 1.32 bits per heavy atom. The van der Waals surface area contributed by atoms with E-state index < -0.39 is 10.0 Å². The fourth-order valence-corrected chi connectivity index (χ4v) is 4.70. The number of nitrogens with zero attached hydrogens (tertiary/aromatic N) is 4. The lowest BCUT2D eigenvalue weighted by Gasteiger charge is -2.36. The average molecular weight is 446 g/mol. The Balaban J connectivity index is 1.57.